The van der Waals surface area contributed by atoms with Crippen LogP contribution >= 0.6 is 23.2 Å². The van der Waals surface area contributed by atoms with Gasteiger partial charge < -0.3 is 4.74 Å². The third-order valence-corrected chi connectivity index (χ3v) is 4.63. The van der Waals surface area contributed by atoms with Crippen LogP contribution in [-0.4, -0.2) is 18.2 Å². The van der Waals surface area contributed by atoms with E-state index >= 15 is 0 Å². The van der Waals surface area contributed by atoms with Crippen molar-refractivity contribution in [2.75, 3.05) is 13.2 Å². The summed E-state index contributed by atoms with van der Waals surface area (Å²) in [5.41, 5.74) is 2.44. The normalized spacial score (nSPS) is 21.8. The molecule has 2 heterocycles. The van der Waals surface area contributed by atoms with Gasteiger partial charge in [0.2, 0.25) is 0 Å². The zero-order valence-corrected chi connectivity index (χ0v) is 13.7. The van der Waals surface area contributed by atoms with E-state index < -0.39 is 5.82 Å². The lowest BCUT2D eigenvalue weighted by molar-refractivity contribution is 0.0419. The number of halogens is 3. The highest BCUT2D eigenvalue weighted by Gasteiger charge is 2.30. The number of aromatic nitrogens is 1. The largest absolute Gasteiger partial charge is 0.381 e. The number of hydrogen-bond acceptors (Lipinski definition) is 2. The quantitative estimate of drug-likeness (QED) is 0.696. The SMILES string of the molecule is CC1(c2cc(Cl)nc(-c3ccc(F)c(Cl)c3)c2)CCCOC1. The summed E-state index contributed by atoms with van der Waals surface area (Å²) in [7, 11) is 0. The average Bonchev–Trinajstić information content (AvgIpc) is 2.50. The first-order valence-electron chi connectivity index (χ1n) is 7.19. The van der Waals surface area contributed by atoms with E-state index in [0.29, 0.717) is 17.5 Å². The fourth-order valence-corrected chi connectivity index (χ4v) is 3.20. The molecular formula is C17H16Cl2FNO. The number of benzene rings is 1. The van der Waals surface area contributed by atoms with Crippen LogP contribution in [0.4, 0.5) is 4.39 Å². The minimum Gasteiger partial charge on any atom is -0.381 e. The van der Waals surface area contributed by atoms with Crippen molar-refractivity contribution in [2.24, 2.45) is 0 Å². The Morgan fingerprint density at radius 2 is 2.05 bits per heavy atom. The van der Waals surface area contributed by atoms with Crippen molar-refractivity contribution in [3.63, 3.8) is 0 Å². The van der Waals surface area contributed by atoms with Crippen molar-refractivity contribution in [3.05, 3.63) is 51.9 Å². The molecule has 0 aliphatic carbocycles. The summed E-state index contributed by atoms with van der Waals surface area (Å²) in [6.45, 7) is 3.63. The summed E-state index contributed by atoms with van der Waals surface area (Å²) >= 11 is 12.1. The molecule has 1 saturated heterocycles. The van der Waals surface area contributed by atoms with Crippen LogP contribution in [0.1, 0.15) is 25.3 Å². The molecule has 2 aromatic rings. The van der Waals surface area contributed by atoms with Crippen LogP contribution in [0.25, 0.3) is 11.3 Å². The van der Waals surface area contributed by atoms with Crippen molar-refractivity contribution >= 4 is 23.2 Å². The number of nitrogens with zero attached hydrogens (tertiary/aromatic N) is 1. The first-order valence-corrected chi connectivity index (χ1v) is 7.95. The van der Waals surface area contributed by atoms with Gasteiger partial charge in [-0.2, -0.15) is 0 Å². The van der Waals surface area contributed by atoms with Crippen molar-refractivity contribution in [2.45, 2.75) is 25.2 Å². The zero-order valence-electron chi connectivity index (χ0n) is 12.2. The van der Waals surface area contributed by atoms with Gasteiger partial charge in [-0.25, -0.2) is 9.37 Å². The molecular weight excluding hydrogens is 324 g/mol. The van der Waals surface area contributed by atoms with Crippen LogP contribution in [0.5, 0.6) is 0 Å². The standard InChI is InChI=1S/C17H16Cl2FNO/c1-17(5-2-6-22-10-17)12-8-15(21-16(19)9-12)11-3-4-14(20)13(18)7-11/h3-4,7-9H,2,5-6,10H2,1H3. The highest BCUT2D eigenvalue weighted by atomic mass is 35.5. The minimum atomic E-state index is -0.444. The Morgan fingerprint density at radius 3 is 2.73 bits per heavy atom. The molecule has 0 spiro atoms. The van der Waals surface area contributed by atoms with Crippen LogP contribution < -0.4 is 0 Å². The van der Waals surface area contributed by atoms with E-state index in [9.17, 15) is 4.39 Å². The lowest BCUT2D eigenvalue weighted by atomic mass is 9.78. The Hall–Kier alpha value is -1.16. The highest BCUT2D eigenvalue weighted by Crippen LogP contribution is 2.35. The van der Waals surface area contributed by atoms with Gasteiger partial charge in [-0.3, -0.25) is 0 Å². The Kier molecular flexibility index (Phi) is 4.40. The molecule has 22 heavy (non-hydrogen) atoms. The van der Waals surface area contributed by atoms with Gasteiger partial charge in [0, 0.05) is 17.6 Å². The highest BCUT2D eigenvalue weighted by molar-refractivity contribution is 6.31. The molecule has 1 aromatic heterocycles. The summed E-state index contributed by atoms with van der Waals surface area (Å²) in [6, 6.07) is 8.43. The second kappa shape index (κ2) is 6.15. The topological polar surface area (TPSA) is 22.1 Å². The molecule has 1 aliphatic heterocycles. The van der Waals surface area contributed by atoms with E-state index in [-0.39, 0.29) is 10.4 Å². The molecule has 116 valence electrons. The summed E-state index contributed by atoms with van der Waals surface area (Å²) in [5, 5.41) is 0.493. The first-order chi connectivity index (χ1) is 10.5. The Balaban J connectivity index is 2.04. The van der Waals surface area contributed by atoms with Gasteiger partial charge in [-0.15, -0.1) is 0 Å². The fraction of sp³-hybridized carbons (Fsp3) is 0.353. The molecule has 0 N–H and O–H groups in total. The number of pyridine rings is 1. The molecule has 0 bridgehead atoms. The molecule has 1 unspecified atom stereocenters. The van der Waals surface area contributed by atoms with E-state index in [4.69, 9.17) is 27.9 Å². The lowest BCUT2D eigenvalue weighted by Crippen LogP contribution is -2.33. The number of hydrogen-bond donors (Lipinski definition) is 0. The summed E-state index contributed by atoms with van der Waals surface area (Å²) in [5.74, 6) is -0.444. The van der Waals surface area contributed by atoms with Gasteiger partial charge in [0.1, 0.15) is 11.0 Å². The predicted octanol–water partition coefficient (Wildman–Crippen LogP) is 5.26. The molecule has 2 nitrogen and oxygen atoms in total. The van der Waals surface area contributed by atoms with Gasteiger partial charge >= 0.3 is 0 Å². The van der Waals surface area contributed by atoms with Crippen molar-refractivity contribution < 1.29 is 9.13 Å². The summed E-state index contributed by atoms with van der Waals surface area (Å²) < 4.78 is 19.0. The third-order valence-electron chi connectivity index (χ3n) is 4.14. The molecule has 1 aromatic carbocycles. The average molecular weight is 340 g/mol. The van der Waals surface area contributed by atoms with Gasteiger partial charge in [0.05, 0.1) is 17.3 Å². The summed E-state index contributed by atoms with van der Waals surface area (Å²) in [4.78, 5) is 4.34. The zero-order chi connectivity index (χ0) is 15.7. The smallest absolute Gasteiger partial charge is 0.141 e. The molecule has 1 atom stereocenters. The van der Waals surface area contributed by atoms with Crippen molar-refractivity contribution in [1.82, 2.24) is 4.98 Å². The van der Waals surface area contributed by atoms with Crippen molar-refractivity contribution in [1.29, 1.82) is 0 Å². The third kappa shape index (κ3) is 3.12. The van der Waals surface area contributed by atoms with E-state index in [1.54, 1.807) is 12.1 Å². The van der Waals surface area contributed by atoms with Gasteiger partial charge in [0.25, 0.3) is 0 Å². The maximum absolute atomic E-state index is 13.3. The van der Waals surface area contributed by atoms with Crippen LogP contribution in [0.15, 0.2) is 30.3 Å². The lowest BCUT2D eigenvalue weighted by Gasteiger charge is -2.34. The molecule has 1 aliphatic rings. The van der Waals surface area contributed by atoms with Crippen molar-refractivity contribution in [3.8, 4) is 11.3 Å². The van der Waals surface area contributed by atoms with E-state index in [0.717, 1.165) is 30.6 Å². The van der Waals surface area contributed by atoms with E-state index in [1.807, 2.05) is 12.1 Å². The monoisotopic (exact) mass is 339 g/mol. The minimum absolute atomic E-state index is 0.0769. The van der Waals surface area contributed by atoms with Crippen LogP contribution in [-0.2, 0) is 10.2 Å². The second-order valence-corrected chi connectivity index (χ2v) is 6.70. The van der Waals surface area contributed by atoms with E-state index in [1.165, 1.54) is 6.07 Å². The van der Waals surface area contributed by atoms with Gasteiger partial charge in [-0.05, 0) is 48.7 Å². The Morgan fingerprint density at radius 1 is 1.23 bits per heavy atom. The van der Waals surface area contributed by atoms with Gasteiger partial charge in [0.15, 0.2) is 0 Å². The number of ether oxygens (including phenoxy) is 1. The van der Waals surface area contributed by atoms with Crippen LogP contribution in [0, 0.1) is 5.82 Å². The first kappa shape index (κ1) is 15.7. The molecule has 3 rings (SSSR count). The molecule has 1 fully saturated rings. The van der Waals surface area contributed by atoms with Crippen LogP contribution in [0.2, 0.25) is 10.2 Å². The maximum Gasteiger partial charge on any atom is 0.141 e. The second-order valence-electron chi connectivity index (χ2n) is 5.91. The Labute approximate surface area is 139 Å². The van der Waals surface area contributed by atoms with Crippen LogP contribution in [0.3, 0.4) is 0 Å². The molecule has 0 radical (unpaired) electrons. The summed E-state index contributed by atoms with van der Waals surface area (Å²) in [6.07, 6.45) is 2.06. The van der Waals surface area contributed by atoms with E-state index in [2.05, 4.69) is 11.9 Å². The number of rotatable bonds is 2. The molecule has 5 heteroatoms. The van der Waals surface area contributed by atoms with Gasteiger partial charge in [-0.1, -0.05) is 30.1 Å². The fourth-order valence-electron chi connectivity index (χ4n) is 2.81. The molecule has 0 amide bonds. The Bertz CT molecular complexity index is 699. The maximum atomic E-state index is 13.3. The molecule has 0 saturated carbocycles. The predicted molar refractivity (Wildman–Crippen MR) is 87.1 cm³/mol.